The van der Waals surface area contributed by atoms with Gasteiger partial charge in [0, 0.05) is 13.0 Å². The maximum atomic E-state index is 12.5. The lowest BCUT2D eigenvalue weighted by Gasteiger charge is -2.18. The summed E-state index contributed by atoms with van der Waals surface area (Å²) in [5.74, 6) is 0.395. The number of rotatable bonds is 34. The molecule has 2 atom stereocenters. The minimum absolute atomic E-state index is 0.0156. The Morgan fingerprint density at radius 2 is 1.05 bits per heavy atom. The molecular formula is C38H75NO5. The van der Waals surface area contributed by atoms with Gasteiger partial charge in [-0.15, -0.1) is 0 Å². The fourth-order valence-corrected chi connectivity index (χ4v) is 5.64. The van der Waals surface area contributed by atoms with Gasteiger partial charge in [0.25, 0.3) is 0 Å². The molecule has 6 heteroatoms. The normalized spacial score (nSPS) is 12.9. The Hall–Kier alpha value is -1.14. The lowest BCUT2D eigenvalue weighted by molar-refractivity contribution is -0.151. The zero-order chi connectivity index (χ0) is 32.5. The molecule has 0 radical (unpaired) electrons. The number of unbranched alkanes of at least 4 members (excludes halogenated alkanes) is 15. The topological polar surface area (TPSA) is 65.1 Å². The van der Waals surface area contributed by atoms with Crippen molar-refractivity contribution in [2.45, 2.75) is 187 Å². The predicted molar refractivity (Wildman–Crippen MR) is 186 cm³/mol. The van der Waals surface area contributed by atoms with Crippen molar-refractivity contribution in [1.82, 2.24) is 4.90 Å². The van der Waals surface area contributed by atoms with Gasteiger partial charge >= 0.3 is 11.9 Å². The first kappa shape index (κ1) is 42.9. The SMILES string of the molecule is CCCCCCCCCC(CCCCCCCCC(=O)OCC(CCCC)CCCCCC)OC(=O)CCOCCN(C)C. The van der Waals surface area contributed by atoms with Crippen LogP contribution in [0.3, 0.4) is 0 Å². The van der Waals surface area contributed by atoms with Crippen LogP contribution in [0, 0.1) is 5.92 Å². The second-order valence-electron chi connectivity index (χ2n) is 13.4. The van der Waals surface area contributed by atoms with Crippen LogP contribution in [0.4, 0.5) is 0 Å². The van der Waals surface area contributed by atoms with Gasteiger partial charge in [-0.05, 0) is 65.0 Å². The summed E-state index contributed by atoms with van der Waals surface area (Å²) in [6.07, 6.45) is 28.2. The van der Waals surface area contributed by atoms with E-state index in [9.17, 15) is 9.59 Å². The van der Waals surface area contributed by atoms with Crippen molar-refractivity contribution in [1.29, 1.82) is 0 Å². The molecule has 0 saturated carbocycles. The highest BCUT2D eigenvalue weighted by atomic mass is 16.5. The van der Waals surface area contributed by atoms with Crippen LogP contribution in [0.25, 0.3) is 0 Å². The molecule has 0 spiro atoms. The fraction of sp³-hybridized carbons (Fsp3) is 0.947. The highest BCUT2D eigenvalue weighted by Crippen LogP contribution is 2.20. The Labute approximate surface area is 274 Å². The summed E-state index contributed by atoms with van der Waals surface area (Å²) < 4.78 is 17.2. The average Bonchev–Trinajstić information content (AvgIpc) is 3.00. The molecule has 6 nitrogen and oxygen atoms in total. The molecule has 262 valence electrons. The van der Waals surface area contributed by atoms with Gasteiger partial charge in [0.05, 0.1) is 26.2 Å². The fourth-order valence-electron chi connectivity index (χ4n) is 5.64. The van der Waals surface area contributed by atoms with Crippen molar-refractivity contribution in [2.75, 3.05) is 40.5 Å². The Morgan fingerprint density at radius 1 is 0.545 bits per heavy atom. The molecule has 0 fully saturated rings. The first-order valence-electron chi connectivity index (χ1n) is 19.0. The molecule has 0 aliphatic heterocycles. The zero-order valence-corrected chi connectivity index (χ0v) is 30.1. The van der Waals surface area contributed by atoms with Crippen molar-refractivity contribution in [3.05, 3.63) is 0 Å². The van der Waals surface area contributed by atoms with Gasteiger partial charge in [-0.25, -0.2) is 0 Å². The highest BCUT2D eigenvalue weighted by molar-refractivity contribution is 5.69. The highest BCUT2D eigenvalue weighted by Gasteiger charge is 2.15. The van der Waals surface area contributed by atoms with E-state index in [1.165, 1.54) is 96.3 Å². The maximum Gasteiger partial charge on any atom is 0.308 e. The first-order valence-corrected chi connectivity index (χ1v) is 19.0. The average molecular weight is 626 g/mol. The van der Waals surface area contributed by atoms with Gasteiger partial charge < -0.3 is 19.1 Å². The van der Waals surface area contributed by atoms with E-state index in [0.717, 1.165) is 57.9 Å². The second kappa shape index (κ2) is 33.2. The zero-order valence-electron chi connectivity index (χ0n) is 30.1. The van der Waals surface area contributed by atoms with E-state index in [-0.39, 0.29) is 18.0 Å². The molecule has 0 aromatic heterocycles. The third kappa shape index (κ3) is 30.9. The Kier molecular flexibility index (Phi) is 32.4. The Balaban J connectivity index is 4.17. The molecule has 0 aromatic rings. The number of esters is 2. The minimum atomic E-state index is -0.122. The summed E-state index contributed by atoms with van der Waals surface area (Å²) in [6.45, 7) is 9.28. The molecule has 0 rings (SSSR count). The number of hydrogen-bond donors (Lipinski definition) is 0. The summed E-state index contributed by atoms with van der Waals surface area (Å²) in [7, 11) is 4.03. The van der Waals surface area contributed by atoms with Gasteiger partial charge in [-0.2, -0.15) is 0 Å². The number of likely N-dealkylation sites (N-methyl/N-ethyl adjacent to an activating group) is 1. The smallest absolute Gasteiger partial charge is 0.308 e. The summed E-state index contributed by atoms with van der Waals surface area (Å²) >= 11 is 0. The van der Waals surface area contributed by atoms with Crippen LogP contribution in [-0.2, 0) is 23.8 Å². The van der Waals surface area contributed by atoms with Crippen LogP contribution in [0.2, 0.25) is 0 Å². The van der Waals surface area contributed by atoms with Crippen LogP contribution in [0.15, 0.2) is 0 Å². The molecule has 2 unspecified atom stereocenters. The van der Waals surface area contributed by atoms with Crippen LogP contribution in [0.5, 0.6) is 0 Å². The second-order valence-corrected chi connectivity index (χ2v) is 13.4. The summed E-state index contributed by atoms with van der Waals surface area (Å²) in [4.78, 5) is 26.9. The molecule has 0 saturated heterocycles. The summed E-state index contributed by atoms with van der Waals surface area (Å²) in [5.41, 5.74) is 0. The molecule has 44 heavy (non-hydrogen) atoms. The van der Waals surface area contributed by atoms with Gasteiger partial charge in [-0.1, -0.05) is 124 Å². The van der Waals surface area contributed by atoms with E-state index in [2.05, 4.69) is 25.7 Å². The molecule has 0 aliphatic rings. The van der Waals surface area contributed by atoms with E-state index in [1.807, 2.05) is 14.1 Å². The minimum Gasteiger partial charge on any atom is -0.465 e. The lowest BCUT2D eigenvalue weighted by Crippen LogP contribution is -2.21. The molecule has 0 aromatic carbocycles. The summed E-state index contributed by atoms with van der Waals surface area (Å²) in [6, 6.07) is 0. The van der Waals surface area contributed by atoms with Crippen molar-refractivity contribution >= 4 is 11.9 Å². The van der Waals surface area contributed by atoms with E-state index in [1.54, 1.807) is 0 Å². The number of ether oxygens (including phenoxy) is 3. The molecule has 0 bridgehead atoms. The number of carbonyl (C=O) groups excluding carboxylic acids is 2. The Morgan fingerprint density at radius 3 is 1.64 bits per heavy atom. The van der Waals surface area contributed by atoms with Gasteiger partial charge in [0.2, 0.25) is 0 Å². The van der Waals surface area contributed by atoms with Gasteiger partial charge in [-0.3, -0.25) is 9.59 Å². The van der Waals surface area contributed by atoms with Crippen molar-refractivity contribution < 1.29 is 23.8 Å². The lowest BCUT2D eigenvalue weighted by atomic mass is 9.96. The third-order valence-electron chi connectivity index (χ3n) is 8.63. The van der Waals surface area contributed by atoms with Crippen molar-refractivity contribution in [3.63, 3.8) is 0 Å². The molecule has 0 N–H and O–H groups in total. The van der Waals surface area contributed by atoms with E-state index >= 15 is 0 Å². The van der Waals surface area contributed by atoms with Gasteiger partial charge in [0.15, 0.2) is 0 Å². The van der Waals surface area contributed by atoms with E-state index in [4.69, 9.17) is 14.2 Å². The number of carbonyl (C=O) groups is 2. The van der Waals surface area contributed by atoms with Crippen molar-refractivity contribution in [3.8, 4) is 0 Å². The quantitative estimate of drug-likeness (QED) is 0.0524. The molecular weight excluding hydrogens is 550 g/mol. The first-order chi connectivity index (χ1) is 21.4. The van der Waals surface area contributed by atoms with Gasteiger partial charge in [0.1, 0.15) is 6.10 Å². The summed E-state index contributed by atoms with van der Waals surface area (Å²) in [5, 5.41) is 0. The van der Waals surface area contributed by atoms with Crippen LogP contribution < -0.4 is 0 Å². The van der Waals surface area contributed by atoms with Crippen LogP contribution in [-0.4, -0.2) is 63.4 Å². The maximum absolute atomic E-state index is 12.5. The van der Waals surface area contributed by atoms with E-state index < -0.39 is 0 Å². The number of hydrogen-bond acceptors (Lipinski definition) is 6. The van der Waals surface area contributed by atoms with Crippen molar-refractivity contribution in [2.24, 2.45) is 5.92 Å². The van der Waals surface area contributed by atoms with Crippen LogP contribution in [0.1, 0.15) is 181 Å². The molecule has 0 amide bonds. The van der Waals surface area contributed by atoms with Crippen LogP contribution >= 0.6 is 0 Å². The molecule has 0 aliphatic carbocycles. The predicted octanol–water partition coefficient (Wildman–Crippen LogP) is 10.4. The third-order valence-corrected chi connectivity index (χ3v) is 8.63. The number of nitrogens with zero attached hydrogens (tertiary/aromatic N) is 1. The Bertz CT molecular complexity index is 626. The molecule has 0 heterocycles. The largest absolute Gasteiger partial charge is 0.465 e. The monoisotopic (exact) mass is 626 g/mol. The van der Waals surface area contributed by atoms with E-state index in [0.29, 0.717) is 38.6 Å². The standard InChI is InChI=1S/C38H75NO5/c1-6-9-12-14-15-18-22-27-36(44-38(41)30-32-42-33-31-39(4)5)28-23-19-16-17-20-24-29-37(40)43-34-35(25-11-8-3)26-21-13-10-7-2/h35-36H,6-34H2,1-5H3.